The molecule has 2 rings (SSSR count). The molecule has 7 heteroatoms. The summed E-state index contributed by atoms with van der Waals surface area (Å²) in [5.74, 6) is -0.595. The largest absolute Gasteiger partial charge is 0.465 e. The number of hydrogen-bond donors (Lipinski definition) is 0. The molecule has 0 radical (unpaired) electrons. The Hall–Kier alpha value is -1.79. The maximum atomic E-state index is 13.0. The zero-order chi connectivity index (χ0) is 14.9. The van der Waals surface area contributed by atoms with Crippen LogP contribution >= 0.6 is 0 Å². The molecule has 0 unspecified atom stereocenters. The van der Waals surface area contributed by atoms with Gasteiger partial charge in [-0.2, -0.15) is 18.3 Å². The molecule has 0 bridgehead atoms. The summed E-state index contributed by atoms with van der Waals surface area (Å²) in [4.78, 5) is 11.5. The molecule has 20 heavy (non-hydrogen) atoms. The van der Waals surface area contributed by atoms with E-state index in [0.717, 1.165) is 4.68 Å². The van der Waals surface area contributed by atoms with Gasteiger partial charge in [0.2, 0.25) is 0 Å². The summed E-state index contributed by atoms with van der Waals surface area (Å²) in [7, 11) is 0. The number of carbonyl (C=O) groups excluding carboxylic acids is 1. The second-order valence-electron chi connectivity index (χ2n) is 4.59. The average Bonchev–Trinajstić information content (AvgIpc) is 2.70. The molecule has 1 aliphatic rings. The lowest BCUT2D eigenvalue weighted by molar-refractivity contribution is -0.146. The molecule has 0 aliphatic heterocycles. The fourth-order valence-electron chi connectivity index (χ4n) is 2.37. The van der Waals surface area contributed by atoms with Crippen molar-refractivity contribution in [1.29, 1.82) is 0 Å². The van der Waals surface area contributed by atoms with E-state index in [4.69, 9.17) is 4.74 Å². The Bertz CT molecular complexity index is 547. The fraction of sp³-hybridized carbons (Fsp3) is 0.538. The molecule has 4 nitrogen and oxygen atoms in total. The highest BCUT2D eigenvalue weighted by atomic mass is 19.4. The average molecular weight is 288 g/mol. The molecule has 0 saturated carbocycles. The number of halogens is 3. The molecule has 0 fully saturated rings. The van der Waals surface area contributed by atoms with Gasteiger partial charge in [0, 0.05) is 11.3 Å². The van der Waals surface area contributed by atoms with Gasteiger partial charge in [-0.25, -0.2) is 0 Å². The zero-order valence-electron chi connectivity index (χ0n) is 11.1. The van der Waals surface area contributed by atoms with Gasteiger partial charge in [-0.15, -0.1) is 0 Å². The first-order valence-electron chi connectivity index (χ1n) is 6.35. The molecule has 1 aliphatic carbocycles. The van der Waals surface area contributed by atoms with Gasteiger partial charge >= 0.3 is 12.1 Å². The minimum atomic E-state index is -4.55. The van der Waals surface area contributed by atoms with Crippen LogP contribution in [0.4, 0.5) is 13.2 Å². The third-order valence-corrected chi connectivity index (χ3v) is 3.16. The lowest BCUT2D eigenvalue weighted by atomic mass is 9.91. The topological polar surface area (TPSA) is 44.1 Å². The number of ether oxygens (including phenoxy) is 1. The van der Waals surface area contributed by atoms with Crippen LogP contribution in [-0.4, -0.2) is 22.4 Å². The van der Waals surface area contributed by atoms with Crippen molar-refractivity contribution in [2.75, 3.05) is 6.61 Å². The number of fused-ring (bicyclic) bond motifs is 1. The maximum Gasteiger partial charge on any atom is 0.435 e. The predicted octanol–water partition coefficient (Wildman–Crippen LogP) is 2.81. The lowest BCUT2D eigenvalue weighted by Gasteiger charge is -2.16. The number of aromatic nitrogens is 2. The minimum Gasteiger partial charge on any atom is -0.465 e. The third kappa shape index (κ3) is 2.71. The van der Waals surface area contributed by atoms with Crippen molar-refractivity contribution in [1.82, 2.24) is 9.78 Å². The standard InChI is InChI=1S/C13H15F3N2O2/c1-3-20-10(19)7-18-9-6-4-5-8(2)11(9)12(17-18)13(14,15)16/h2-7H2,1H3. The number of hydrogen-bond acceptors (Lipinski definition) is 3. The fourth-order valence-corrected chi connectivity index (χ4v) is 2.37. The number of alkyl halides is 3. The molecule has 0 aromatic carbocycles. The van der Waals surface area contributed by atoms with Crippen LogP contribution in [0.2, 0.25) is 0 Å². The monoisotopic (exact) mass is 288 g/mol. The van der Waals surface area contributed by atoms with E-state index in [2.05, 4.69) is 11.7 Å². The summed E-state index contributed by atoms with van der Waals surface area (Å²) in [6.45, 7) is 5.20. The molecule has 1 heterocycles. The smallest absolute Gasteiger partial charge is 0.435 e. The van der Waals surface area contributed by atoms with Crippen molar-refractivity contribution in [3.63, 3.8) is 0 Å². The molecule has 0 spiro atoms. The Morgan fingerprint density at radius 1 is 1.45 bits per heavy atom. The van der Waals surface area contributed by atoms with Gasteiger partial charge in [-0.05, 0) is 31.8 Å². The molecular weight excluding hydrogens is 273 g/mol. The normalized spacial score (nSPS) is 15.1. The Balaban J connectivity index is 2.44. The minimum absolute atomic E-state index is 0.0491. The van der Waals surface area contributed by atoms with E-state index < -0.39 is 17.8 Å². The molecule has 1 aromatic heterocycles. The molecule has 0 atom stereocenters. The summed E-state index contributed by atoms with van der Waals surface area (Å²) in [5, 5.41) is 3.57. The van der Waals surface area contributed by atoms with Crippen molar-refractivity contribution in [3.05, 3.63) is 23.5 Å². The van der Waals surface area contributed by atoms with Crippen LogP contribution < -0.4 is 0 Å². The van der Waals surface area contributed by atoms with Crippen LogP contribution in [0, 0.1) is 0 Å². The van der Waals surface area contributed by atoms with Crippen LogP contribution in [0.25, 0.3) is 5.57 Å². The van der Waals surface area contributed by atoms with Crippen LogP contribution in [0.15, 0.2) is 6.58 Å². The molecule has 1 aromatic rings. The predicted molar refractivity (Wildman–Crippen MR) is 65.8 cm³/mol. The number of carbonyl (C=O) groups is 1. The summed E-state index contributed by atoms with van der Waals surface area (Å²) >= 11 is 0. The van der Waals surface area contributed by atoms with E-state index in [9.17, 15) is 18.0 Å². The molecule has 110 valence electrons. The summed E-state index contributed by atoms with van der Waals surface area (Å²) in [5.41, 5.74) is -0.0649. The van der Waals surface area contributed by atoms with Gasteiger partial charge < -0.3 is 4.74 Å². The Labute approximate surface area is 114 Å². The van der Waals surface area contributed by atoms with Gasteiger partial charge in [0.05, 0.1) is 6.61 Å². The van der Waals surface area contributed by atoms with Crippen LogP contribution in [-0.2, 0) is 28.7 Å². The second kappa shape index (κ2) is 5.30. The van der Waals surface area contributed by atoms with Gasteiger partial charge in [0.15, 0.2) is 5.69 Å². The molecule has 0 N–H and O–H groups in total. The molecule has 0 saturated heterocycles. The van der Waals surface area contributed by atoms with Crippen molar-refractivity contribution in [2.45, 2.75) is 38.9 Å². The van der Waals surface area contributed by atoms with Crippen molar-refractivity contribution in [2.24, 2.45) is 0 Å². The van der Waals surface area contributed by atoms with Gasteiger partial charge in [-0.1, -0.05) is 6.58 Å². The van der Waals surface area contributed by atoms with Crippen molar-refractivity contribution < 1.29 is 22.7 Å². The Kier molecular flexibility index (Phi) is 3.87. The second-order valence-corrected chi connectivity index (χ2v) is 4.59. The highest BCUT2D eigenvalue weighted by molar-refractivity contribution is 5.72. The number of nitrogens with zero attached hydrogens (tertiary/aromatic N) is 2. The van der Waals surface area contributed by atoms with E-state index in [-0.39, 0.29) is 18.7 Å². The highest BCUT2D eigenvalue weighted by Crippen LogP contribution is 2.39. The van der Waals surface area contributed by atoms with Crippen LogP contribution in [0.5, 0.6) is 0 Å². The van der Waals surface area contributed by atoms with E-state index in [1.165, 1.54) is 0 Å². The van der Waals surface area contributed by atoms with Gasteiger partial charge in [0.25, 0.3) is 0 Å². The first-order chi connectivity index (χ1) is 9.34. The number of allylic oxidation sites excluding steroid dienone is 1. The van der Waals surface area contributed by atoms with E-state index in [0.29, 0.717) is 30.5 Å². The maximum absolute atomic E-state index is 13.0. The van der Waals surface area contributed by atoms with E-state index in [1.54, 1.807) is 6.92 Å². The first kappa shape index (κ1) is 14.6. The first-order valence-corrected chi connectivity index (χ1v) is 6.35. The van der Waals surface area contributed by atoms with Crippen molar-refractivity contribution in [3.8, 4) is 0 Å². The lowest BCUT2D eigenvalue weighted by Crippen LogP contribution is -2.17. The highest BCUT2D eigenvalue weighted by Gasteiger charge is 2.40. The van der Waals surface area contributed by atoms with Crippen LogP contribution in [0.1, 0.15) is 36.7 Å². The Morgan fingerprint density at radius 3 is 2.75 bits per heavy atom. The summed E-state index contributed by atoms with van der Waals surface area (Å²) < 4.78 is 44.9. The molecular formula is C13H15F3N2O2. The van der Waals surface area contributed by atoms with Gasteiger partial charge in [0.1, 0.15) is 6.54 Å². The molecule has 0 amide bonds. The van der Waals surface area contributed by atoms with Gasteiger partial charge in [-0.3, -0.25) is 9.48 Å². The van der Waals surface area contributed by atoms with E-state index >= 15 is 0 Å². The quantitative estimate of drug-likeness (QED) is 0.803. The van der Waals surface area contributed by atoms with Crippen molar-refractivity contribution >= 4 is 11.5 Å². The van der Waals surface area contributed by atoms with E-state index in [1.807, 2.05) is 0 Å². The summed E-state index contributed by atoms with van der Waals surface area (Å²) in [6.07, 6.45) is -2.88. The Morgan fingerprint density at radius 2 is 2.15 bits per heavy atom. The van der Waals surface area contributed by atoms with Crippen LogP contribution in [0.3, 0.4) is 0 Å². The number of rotatable bonds is 3. The number of esters is 1. The third-order valence-electron chi connectivity index (χ3n) is 3.16. The SMILES string of the molecule is C=C1CCCc2c1c(C(F)(F)F)nn2CC(=O)OCC. The zero-order valence-corrected chi connectivity index (χ0v) is 11.1. The summed E-state index contributed by atoms with van der Waals surface area (Å²) in [6, 6.07) is 0.